The third-order valence-corrected chi connectivity index (χ3v) is 4.13. The molecule has 1 aromatic heterocycles. The van der Waals surface area contributed by atoms with Crippen LogP contribution in [0.5, 0.6) is 11.5 Å². The molecule has 1 heterocycles. The summed E-state index contributed by atoms with van der Waals surface area (Å²) in [6, 6.07) is 13.0. The van der Waals surface area contributed by atoms with Crippen LogP contribution in [0.1, 0.15) is 21.8 Å². The van der Waals surface area contributed by atoms with E-state index in [0.717, 1.165) is 11.1 Å². The maximum Gasteiger partial charge on any atom is 0.261 e. The molecule has 0 N–H and O–H groups in total. The zero-order chi connectivity index (χ0) is 19.4. The van der Waals surface area contributed by atoms with Gasteiger partial charge in [-0.2, -0.15) is 0 Å². The lowest BCUT2D eigenvalue weighted by Gasteiger charge is -2.18. The Bertz CT molecular complexity index is 912. The molecule has 0 aliphatic rings. The normalized spacial score (nSPS) is 10.5. The fraction of sp³-hybridized carbons (Fsp3) is 0.250. The van der Waals surface area contributed by atoms with Crippen LogP contribution in [0, 0.1) is 6.92 Å². The summed E-state index contributed by atoms with van der Waals surface area (Å²) in [5, 5.41) is 8.11. The van der Waals surface area contributed by atoms with Crippen molar-refractivity contribution in [1.29, 1.82) is 0 Å². The molecule has 0 spiro atoms. The third-order valence-electron chi connectivity index (χ3n) is 4.13. The lowest BCUT2D eigenvalue weighted by Crippen LogP contribution is -2.27. The first-order valence-corrected chi connectivity index (χ1v) is 8.39. The highest BCUT2D eigenvalue weighted by Gasteiger charge is 2.23. The van der Waals surface area contributed by atoms with Crippen molar-refractivity contribution in [3.63, 3.8) is 0 Å². The number of aromatic nitrogens is 2. The van der Waals surface area contributed by atoms with Gasteiger partial charge in [0.05, 0.1) is 20.8 Å². The third kappa shape index (κ3) is 3.92. The van der Waals surface area contributed by atoms with E-state index in [0.29, 0.717) is 28.8 Å². The summed E-state index contributed by atoms with van der Waals surface area (Å²) in [6.07, 6.45) is 0. The summed E-state index contributed by atoms with van der Waals surface area (Å²) >= 11 is 0. The lowest BCUT2D eigenvalue weighted by molar-refractivity contribution is 0.0766. The van der Waals surface area contributed by atoms with E-state index in [1.807, 2.05) is 31.2 Å². The number of amides is 1. The second kappa shape index (κ2) is 7.90. The summed E-state index contributed by atoms with van der Waals surface area (Å²) in [4.78, 5) is 14.4. The van der Waals surface area contributed by atoms with Crippen molar-refractivity contribution in [2.24, 2.45) is 0 Å². The Labute approximate surface area is 157 Å². The zero-order valence-electron chi connectivity index (χ0n) is 15.7. The smallest absolute Gasteiger partial charge is 0.261 e. The first kappa shape index (κ1) is 18.4. The minimum absolute atomic E-state index is 0.166. The first-order chi connectivity index (χ1) is 13.0. The Morgan fingerprint density at radius 3 is 2.26 bits per heavy atom. The molecule has 0 atom stereocenters. The maximum absolute atomic E-state index is 12.9. The van der Waals surface area contributed by atoms with E-state index in [4.69, 9.17) is 13.9 Å². The van der Waals surface area contributed by atoms with E-state index in [1.54, 1.807) is 25.2 Å². The minimum atomic E-state index is -0.264. The van der Waals surface area contributed by atoms with Gasteiger partial charge in [-0.1, -0.05) is 23.8 Å². The Hall–Kier alpha value is -3.35. The fourth-order valence-corrected chi connectivity index (χ4v) is 2.66. The number of methoxy groups -OCH3 is 2. The van der Waals surface area contributed by atoms with E-state index in [9.17, 15) is 4.79 Å². The number of benzene rings is 2. The standard InChI is InChI=1S/C20H21N3O4/c1-13-8-10-14(11-9-13)19-22-21-17(27-19)12-23(2)20(24)18-15(25-3)6-5-7-16(18)26-4/h5-11H,12H2,1-4H3. The molecule has 0 unspecified atom stereocenters. The molecule has 1 amide bonds. The highest BCUT2D eigenvalue weighted by molar-refractivity contribution is 5.99. The predicted molar refractivity (Wildman–Crippen MR) is 99.8 cm³/mol. The molecule has 0 saturated carbocycles. The molecular weight excluding hydrogens is 346 g/mol. The van der Waals surface area contributed by atoms with E-state index in [-0.39, 0.29) is 12.5 Å². The van der Waals surface area contributed by atoms with Crippen LogP contribution < -0.4 is 9.47 Å². The quantitative estimate of drug-likeness (QED) is 0.665. The summed E-state index contributed by atoms with van der Waals surface area (Å²) in [5.41, 5.74) is 2.33. The van der Waals surface area contributed by atoms with E-state index in [2.05, 4.69) is 10.2 Å². The Kier molecular flexibility index (Phi) is 5.40. The van der Waals surface area contributed by atoms with Crippen LogP contribution >= 0.6 is 0 Å². The lowest BCUT2D eigenvalue weighted by atomic mass is 10.1. The van der Waals surface area contributed by atoms with Gasteiger partial charge in [0, 0.05) is 12.6 Å². The number of hydrogen-bond donors (Lipinski definition) is 0. The van der Waals surface area contributed by atoms with Gasteiger partial charge in [0.2, 0.25) is 11.8 Å². The van der Waals surface area contributed by atoms with Gasteiger partial charge in [0.25, 0.3) is 5.91 Å². The van der Waals surface area contributed by atoms with Crippen molar-refractivity contribution in [2.45, 2.75) is 13.5 Å². The molecule has 0 saturated heterocycles. The molecule has 3 aromatic rings. The second-order valence-electron chi connectivity index (χ2n) is 6.07. The zero-order valence-corrected chi connectivity index (χ0v) is 15.7. The summed E-state index contributed by atoms with van der Waals surface area (Å²) in [6.45, 7) is 2.18. The highest BCUT2D eigenvalue weighted by Crippen LogP contribution is 2.29. The van der Waals surface area contributed by atoms with Gasteiger partial charge >= 0.3 is 0 Å². The van der Waals surface area contributed by atoms with Crippen LogP contribution in [0.25, 0.3) is 11.5 Å². The van der Waals surface area contributed by atoms with Gasteiger partial charge in [-0.05, 0) is 31.2 Å². The van der Waals surface area contributed by atoms with Crippen molar-refractivity contribution in [1.82, 2.24) is 15.1 Å². The molecule has 0 aliphatic carbocycles. The molecule has 2 aromatic carbocycles. The minimum Gasteiger partial charge on any atom is -0.496 e. The Morgan fingerprint density at radius 2 is 1.67 bits per heavy atom. The van der Waals surface area contributed by atoms with Gasteiger partial charge in [0.15, 0.2) is 0 Å². The average Bonchev–Trinajstić information content (AvgIpc) is 3.15. The van der Waals surface area contributed by atoms with Crippen LogP contribution in [-0.2, 0) is 6.54 Å². The van der Waals surface area contributed by atoms with Crippen molar-refractivity contribution < 1.29 is 18.7 Å². The van der Waals surface area contributed by atoms with Crippen LogP contribution in [-0.4, -0.2) is 42.3 Å². The van der Waals surface area contributed by atoms with Crippen LogP contribution in [0.15, 0.2) is 46.9 Å². The number of hydrogen-bond acceptors (Lipinski definition) is 6. The van der Waals surface area contributed by atoms with Gasteiger partial charge in [-0.3, -0.25) is 4.79 Å². The molecular formula is C20H21N3O4. The van der Waals surface area contributed by atoms with Crippen LogP contribution in [0.2, 0.25) is 0 Å². The molecule has 7 nitrogen and oxygen atoms in total. The highest BCUT2D eigenvalue weighted by atomic mass is 16.5. The molecule has 0 bridgehead atoms. The number of ether oxygens (including phenoxy) is 2. The van der Waals surface area contributed by atoms with E-state index < -0.39 is 0 Å². The molecule has 7 heteroatoms. The SMILES string of the molecule is COc1cccc(OC)c1C(=O)N(C)Cc1nnc(-c2ccc(C)cc2)o1. The van der Waals surface area contributed by atoms with Gasteiger partial charge in [-0.25, -0.2) is 0 Å². The molecule has 0 aliphatic heterocycles. The summed E-state index contributed by atoms with van der Waals surface area (Å²) in [7, 11) is 4.68. The number of carbonyl (C=O) groups is 1. The summed E-state index contributed by atoms with van der Waals surface area (Å²) in [5.74, 6) is 1.38. The average molecular weight is 367 g/mol. The van der Waals surface area contributed by atoms with Crippen LogP contribution in [0.4, 0.5) is 0 Å². The van der Waals surface area contributed by atoms with E-state index in [1.165, 1.54) is 19.1 Å². The number of aryl methyl sites for hydroxylation is 1. The van der Waals surface area contributed by atoms with Crippen molar-refractivity contribution >= 4 is 5.91 Å². The van der Waals surface area contributed by atoms with Crippen molar-refractivity contribution in [3.05, 3.63) is 59.5 Å². The van der Waals surface area contributed by atoms with Gasteiger partial charge in [-0.15, -0.1) is 10.2 Å². The molecule has 140 valence electrons. The Balaban J connectivity index is 1.79. The maximum atomic E-state index is 12.9. The Morgan fingerprint density at radius 1 is 1.04 bits per heavy atom. The van der Waals surface area contributed by atoms with Crippen molar-refractivity contribution in [2.75, 3.05) is 21.3 Å². The molecule has 0 fully saturated rings. The number of nitrogens with zero attached hydrogens (tertiary/aromatic N) is 3. The molecule has 0 radical (unpaired) electrons. The second-order valence-corrected chi connectivity index (χ2v) is 6.07. The largest absolute Gasteiger partial charge is 0.496 e. The first-order valence-electron chi connectivity index (χ1n) is 8.39. The van der Waals surface area contributed by atoms with Crippen molar-refractivity contribution in [3.8, 4) is 23.0 Å². The van der Waals surface area contributed by atoms with Crippen LogP contribution in [0.3, 0.4) is 0 Å². The monoisotopic (exact) mass is 367 g/mol. The van der Waals surface area contributed by atoms with E-state index >= 15 is 0 Å². The number of rotatable bonds is 6. The van der Waals surface area contributed by atoms with Gasteiger partial charge < -0.3 is 18.8 Å². The van der Waals surface area contributed by atoms with Gasteiger partial charge in [0.1, 0.15) is 17.1 Å². The topological polar surface area (TPSA) is 77.7 Å². The molecule has 27 heavy (non-hydrogen) atoms. The number of carbonyl (C=O) groups excluding carboxylic acids is 1. The fourth-order valence-electron chi connectivity index (χ4n) is 2.66. The predicted octanol–water partition coefficient (Wildman–Crippen LogP) is 3.33. The summed E-state index contributed by atoms with van der Waals surface area (Å²) < 4.78 is 16.3. The molecule has 3 rings (SSSR count).